The van der Waals surface area contributed by atoms with Crippen molar-refractivity contribution in [1.82, 2.24) is 19.9 Å². The monoisotopic (exact) mass is 646 g/mol. The fraction of sp³-hybridized carbons (Fsp3) is 0.484. The molecule has 0 bridgehead atoms. The fourth-order valence-corrected chi connectivity index (χ4v) is 7.11. The lowest BCUT2D eigenvalue weighted by Gasteiger charge is -2.25. The second kappa shape index (κ2) is 14.3. The van der Waals surface area contributed by atoms with Gasteiger partial charge in [-0.3, -0.25) is 4.79 Å². The summed E-state index contributed by atoms with van der Waals surface area (Å²) in [6.07, 6.45) is 1.93. The van der Waals surface area contributed by atoms with Gasteiger partial charge in [-0.25, -0.2) is 9.97 Å². The number of nitrogens with one attached hydrogen (secondary N) is 2. The van der Waals surface area contributed by atoms with Gasteiger partial charge in [0.1, 0.15) is 17.1 Å². The van der Waals surface area contributed by atoms with Gasteiger partial charge < -0.3 is 29.3 Å². The van der Waals surface area contributed by atoms with E-state index in [9.17, 15) is 18.0 Å². The number of nitrogens with zero attached hydrogens (tertiary/aromatic N) is 4. The van der Waals surface area contributed by atoms with Gasteiger partial charge in [0.15, 0.2) is 8.38 Å². The molecule has 3 aromatic rings. The van der Waals surface area contributed by atoms with Crippen molar-refractivity contribution >= 4 is 37.4 Å². The highest BCUT2D eigenvalue weighted by Gasteiger charge is 2.37. The highest BCUT2D eigenvalue weighted by atomic mass is 31.2. The summed E-state index contributed by atoms with van der Waals surface area (Å²) in [6.45, 7) is 5.19. The maximum absolute atomic E-state index is 14.1. The Bertz CT molecular complexity index is 1510. The number of pyridine rings is 1. The van der Waals surface area contributed by atoms with Gasteiger partial charge in [-0.2, -0.15) is 18.2 Å². The number of hydrogen-bond donors (Lipinski definition) is 2. The van der Waals surface area contributed by atoms with Gasteiger partial charge in [-0.05, 0) is 61.9 Å². The van der Waals surface area contributed by atoms with Crippen molar-refractivity contribution < 1.29 is 31.8 Å². The Labute approximate surface area is 262 Å². The van der Waals surface area contributed by atoms with E-state index in [4.69, 9.17) is 13.8 Å². The Hall–Kier alpha value is -3.54. The van der Waals surface area contributed by atoms with E-state index in [-0.39, 0.29) is 23.4 Å². The van der Waals surface area contributed by atoms with Crippen LogP contribution in [0.25, 0.3) is 0 Å². The summed E-state index contributed by atoms with van der Waals surface area (Å²) < 4.78 is 59.2. The third-order valence-corrected chi connectivity index (χ3v) is 9.57. The number of halogens is 3. The molecule has 0 atom stereocenters. The minimum atomic E-state index is -4.74. The van der Waals surface area contributed by atoms with Crippen LogP contribution < -0.4 is 15.4 Å². The first kappa shape index (κ1) is 32.8. The highest BCUT2D eigenvalue weighted by molar-refractivity contribution is 7.46. The second-order valence-corrected chi connectivity index (χ2v) is 12.4. The number of ether oxygens (including phenoxy) is 1. The van der Waals surface area contributed by atoms with E-state index >= 15 is 0 Å². The Balaban J connectivity index is 1.45. The van der Waals surface area contributed by atoms with Crippen LogP contribution in [-0.4, -0.2) is 53.1 Å². The van der Waals surface area contributed by atoms with E-state index in [0.717, 1.165) is 36.8 Å². The standard InChI is InChI=1S/C31H38F3N6O4P/c1-5-43-45(44-6-2)18-20-12-14-25(28(36-20)42-4)38-30-35-16-23(31(32,33)34)27(39-30)37-24-15-13-21(19-10-8-7-9-11-19)22-17-40(3)29(41)26(22)24/h12-16,19H,5-11,17-18H2,1-4H3,(H2,35,37,38,39). The molecule has 0 radical (unpaired) electrons. The minimum Gasteiger partial charge on any atom is -0.480 e. The lowest BCUT2D eigenvalue weighted by Crippen LogP contribution is -2.18. The van der Waals surface area contributed by atoms with Gasteiger partial charge in [0.2, 0.25) is 11.8 Å². The number of methoxy groups -OCH3 is 1. The van der Waals surface area contributed by atoms with Crippen LogP contribution in [0.1, 0.15) is 84.6 Å². The SMILES string of the molecule is CCOP(Cc1ccc(Nc2ncc(C(F)(F)F)c(Nc3ccc(C4CCCCC4)c4c3C(=O)N(C)C4)n2)c(OC)n1)OCC. The van der Waals surface area contributed by atoms with E-state index in [1.165, 1.54) is 13.5 Å². The van der Waals surface area contributed by atoms with Crippen molar-refractivity contribution in [3.8, 4) is 5.88 Å². The Morgan fingerprint density at radius 3 is 2.38 bits per heavy atom. The van der Waals surface area contributed by atoms with Crippen molar-refractivity contribution in [2.75, 3.05) is 38.0 Å². The number of benzene rings is 1. The normalized spacial score (nSPS) is 15.5. The molecule has 3 heterocycles. The van der Waals surface area contributed by atoms with Gasteiger partial charge in [0.05, 0.1) is 43.4 Å². The molecule has 5 rings (SSSR count). The van der Waals surface area contributed by atoms with Crippen LogP contribution in [0.2, 0.25) is 0 Å². The topological polar surface area (TPSA) is 111 Å². The third-order valence-electron chi connectivity index (χ3n) is 7.89. The summed E-state index contributed by atoms with van der Waals surface area (Å²) >= 11 is 0. The molecule has 0 unspecified atom stereocenters. The van der Waals surface area contributed by atoms with Crippen LogP contribution >= 0.6 is 8.38 Å². The van der Waals surface area contributed by atoms with E-state index in [2.05, 4.69) is 25.6 Å². The molecule has 2 aromatic heterocycles. The first-order valence-corrected chi connectivity index (χ1v) is 16.5. The van der Waals surface area contributed by atoms with Gasteiger partial charge in [-0.1, -0.05) is 25.3 Å². The van der Waals surface area contributed by atoms with Crippen molar-refractivity contribution in [3.05, 3.63) is 58.4 Å². The molecular weight excluding hydrogens is 608 g/mol. The molecule has 45 heavy (non-hydrogen) atoms. The summed E-state index contributed by atoms with van der Waals surface area (Å²) in [6, 6.07) is 7.07. The molecule has 1 aliphatic heterocycles. The van der Waals surface area contributed by atoms with Gasteiger partial charge in [0, 0.05) is 19.8 Å². The number of amides is 1. The predicted octanol–water partition coefficient (Wildman–Crippen LogP) is 7.90. The molecule has 2 aliphatic rings. The van der Waals surface area contributed by atoms with Crippen molar-refractivity contribution in [3.63, 3.8) is 0 Å². The quantitative estimate of drug-likeness (QED) is 0.190. The van der Waals surface area contributed by atoms with Crippen LogP contribution in [-0.2, 0) is 27.9 Å². The summed E-state index contributed by atoms with van der Waals surface area (Å²) in [5.74, 6) is -0.278. The zero-order chi connectivity index (χ0) is 32.1. The number of carbonyl (C=O) groups excluding carboxylic acids is 1. The van der Waals surface area contributed by atoms with Crippen LogP contribution in [0.15, 0.2) is 30.5 Å². The maximum Gasteiger partial charge on any atom is 0.421 e. The Morgan fingerprint density at radius 2 is 1.71 bits per heavy atom. The maximum atomic E-state index is 14.1. The zero-order valence-corrected chi connectivity index (χ0v) is 26.7. The lowest BCUT2D eigenvalue weighted by molar-refractivity contribution is -0.137. The molecule has 0 saturated heterocycles. The molecule has 1 saturated carbocycles. The second-order valence-electron chi connectivity index (χ2n) is 10.9. The van der Waals surface area contributed by atoms with E-state index in [1.807, 2.05) is 19.9 Å². The summed E-state index contributed by atoms with van der Waals surface area (Å²) in [5, 5.41) is 5.77. The molecule has 1 fully saturated rings. The molecule has 2 N–H and O–H groups in total. The Kier molecular flexibility index (Phi) is 10.4. The van der Waals surface area contributed by atoms with Crippen LogP contribution in [0.5, 0.6) is 5.88 Å². The molecule has 0 spiro atoms. The number of hydrogen-bond acceptors (Lipinski definition) is 9. The number of anilines is 4. The van der Waals surface area contributed by atoms with Crippen molar-refractivity contribution in [2.24, 2.45) is 0 Å². The predicted molar refractivity (Wildman–Crippen MR) is 166 cm³/mol. The molecule has 10 nitrogen and oxygen atoms in total. The summed E-state index contributed by atoms with van der Waals surface area (Å²) in [4.78, 5) is 27.5. The molecule has 14 heteroatoms. The van der Waals surface area contributed by atoms with Crippen molar-refractivity contribution in [1.29, 1.82) is 0 Å². The van der Waals surface area contributed by atoms with Crippen LogP contribution in [0.3, 0.4) is 0 Å². The van der Waals surface area contributed by atoms with Gasteiger partial charge in [0.25, 0.3) is 5.91 Å². The number of carbonyl (C=O) groups is 1. The van der Waals surface area contributed by atoms with E-state index in [1.54, 1.807) is 30.1 Å². The fourth-order valence-electron chi connectivity index (χ4n) is 5.84. The molecule has 242 valence electrons. The number of rotatable bonds is 12. The van der Waals surface area contributed by atoms with Crippen molar-refractivity contribution in [2.45, 2.75) is 70.8 Å². The van der Waals surface area contributed by atoms with Crippen LogP contribution in [0, 0.1) is 0 Å². The van der Waals surface area contributed by atoms with Gasteiger partial charge in [-0.15, -0.1) is 0 Å². The zero-order valence-electron chi connectivity index (χ0n) is 25.8. The average Bonchev–Trinajstić information content (AvgIpc) is 3.32. The smallest absolute Gasteiger partial charge is 0.421 e. The summed E-state index contributed by atoms with van der Waals surface area (Å²) in [5.41, 5.74) is 2.61. The van der Waals surface area contributed by atoms with E-state index < -0.39 is 25.9 Å². The number of fused-ring (bicyclic) bond motifs is 1. The molecule has 1 aliphatic carbocycles. The highest BCUT2D eigenvalue weighted by Crippen LogP contribution is 2.44. The molecular formula is C31H38F3N6O4P. The molecule has 1 aromatic carbocycles. The number of aromatic nitrogens is 3. The Morgan fingerprint density at radius 1 is 1.00 bits per heavy atom. The first-order chi connectivity index (χ1) is 21.6. The molecule has 1 amide bonds. The van der Waals surface area contributed by atoms with Crippen LogP contribution in [0.4, 0.5) is 36.3 Å². The van der Waals surface area contributed by atoms with E-state index in [0.29, 0.717) is 55.0 Å². The summed E-state index contributed by atoms with van der Waals surface area (Å²) in [7, 11) is 1.97. The third kappa shape index (κ3) is 7.48. The minimum absolute atomic E-state index is 0.108. The average molecular weight is 647 g/mol. The number of alkyl halides is 3. The van der Waals surface area contributed by atoms with Gasteiger partial charge >= 0.3 is 6.18 Å². The lowest BCUT2D eigenvalue weighted by atomic mass is 9.81. The largest absolute Gasteiger partial charge is 0.480 e. The first-order valence-electron chi connectivity index (χ1n) is 15.1.